The van der Waals surface area contributed by atoms with Gasteiger partial charge in [-0.15, -0.1) is 0 Å². The predicted octanol–water partition coefficient (Wildman–Crippen LogP) is 1.22. The molecule has 1 fully saturated rings. The second-order valence-electron chi connectivity index (χ2n) is 7.24. The summed E-state index contributed by atoms with van der Waals surface area (Å²) in [5.74, 6) is -1.39. The van der Waals surface area contributed by atoms with Gasteiger partial charge in [0.15, 0.2) is 11.0 Å². The summed E-state index contributed by atoms with van der Waals surface area (Å²) in [5, 5.41) is 10.2. The minimum atomic E-state index is -0.634. The van der Waals surface area contributed by atoms with Gasteiger partial charge in [-0.1, -0.05) is 12.8 Å². The van der Waals surface area contributed by atoms with Gasteiger partial charge in [0.25, 0.3) is 17.4 Å². The number of carbonyl (C=O) groups excluding carboxylic acids is 2. The van der Waals surface area contributed by atoms with E-state index in [-0.39, 0.29) is 16.9 Å². The molecule has 3 N–H and O–H groups in total. The standard InChI is InChI=1S/C19H18N6O4/c20-17-14-10(18(27)21-19(14)28)9-13(26)25(17)12-6-5-11(15-16(12)23-29-22-15)24-7-3-1-2-4-8-24/h5-6,9H,1-4,7-8,20H2,(H,21,27,28). The number of nitrogen functional groups attached to an aromatic ring is 1. The lowest BCUT2D eigenvalue weighted by Crippen LogP contribution is -2.26. The molecule has 0 atom stereocenters. The van der Waals surface area contributed by atoms with Crippen LogP contribution in [0.5, 0.6) is 0 Å². The maximum absolute atomic E-state index is 12.8. The van der Waals surface area contributed by atoms with Crippen molar-refractivity contribution in [2.24, 2.45) is 0 Å². The van der Waals surface area contributed by atoms with Crippen molar-refractivity contribution >= 4 is 34.4 Å². The molecule has 10 nitrogen and oxygen atoms in total. The van der Waals surface area contributed by atoms with Crippen LogP contribution in [0.25, 0.3) is 16.7 Å². The van der Waals surface area contributed by atoms with Crippen molar-refractivity contribution < 1.29 is 14.2 Å². The first-order chi connectivity index (χ1) is 14.1. The monoisotopic (exact) mass is 394 g/mol. The van der Waals surface area contributed by atoms with E-state index in [4.69, 9.17) is 10.4 Å². The van der Waals surface area contributed by atoms with Crippen LogP contribution in [0.15, 0.2) is 27.6 Å². The van der Waals surface area contributed by atoms with Crippen molar-refractivity contribution in [1.82, 2.24) is 20.2 Å². The molecule has 0 spiro atoms. The van der Waals surface area contributed by atoms with Gasteiger partial charge in [0, 0.05) is 19.2 Å². The predicted molar refractivity (Wildman–Crippen MR) is 104 cm³/mol. The van der Waals surface area contributed by atoms with Crippen LogP contribution >= 0.6 is 0 Å². The molecule has 1 saturated heterocycles. The number of hydrogen-bond donors (Lipinski definition) is 2. The number of nitrogens with two attached hydrogens (primary N) is 1. The number of aromatic nitrogens is 3. The third-order valence-electron chi connectivity index (χ3n) is 5.51. The van der Waals surface area contributed by atoms with Gasteiger partial charge < -0.3 is 10.6 Å². The van der Waals surface area contributed by atoms with Crippen LogP contribution in [-0.4, -0.2) is 39.8 Å². The highest BCUT2D eigenvalue weighted by Crippen LogP contribution is 2.32. The fourth-order valence-electron chi connectivity index (χ4n) is 4.12. The highest BCUT2D eigenvalue weighted by molar-refractivity contribution is 6.23. The number of imide groups is 1. The molecule has 0 bridgehead atoms. The number of nitrogens with zero attached hydrogens (tertiary/aromatic N) is 4. The molecule has 2 aliphatic heterocycles. The van der Waals surface area contributed by atoms with E-state index in [9.17, 15) is 14.4 Å². The zero-order valence-electron chi connectivity index (χ0n) is 15.5. The average Bonchev–Trinajstić information content (AvgIpc) is 3.17. The number of pyridine rings is 1. The van der Waals surface area contributed by atoms with Crippen molar-refractivity contribution in [1.29, 1.82) is 0 Å². The summed E-state index contributed by atoms with van der Waals surface area (Å²) in [6.45, 7) is 1.81. The molecule has 2 aliphatic rings. The molecule has 1 aromatic carbocycles. The number of hydrogen-bond acceptors (Lipinski definition) is 8. The topological polar surface area (TPSA) is 136 Å². The Balaban J connectivity index is 1.70. The molecule has 5 rings (SSSR count). The van der Waals surface area contributed by atoms with E-state index in [2.05, 4.69) is 20.5 Å². The fraction of sp³-hybridized carbons (Fsp3) is 0.316. The number of rotatable bonds is 2. The van der Waals surface area contributed by atoms with Crippen LogP contribution in [-0.2, 0) is 0 Å². The second kappa shape index (κ2) is 6.43. The zero-order chi connectivity index (χ0) is 20.1. The zero-order valence-corrected chi connectivity index (χ0v) is 15.5. The lowest BCUT2D eigenvalue weighted by molar-refractivity contribution is 0.0880. The molecule has 0 saturated carbocycles. The third-order valence-corrected chi connectivity index (χ3v) is 5.51. The van der Waals surface area contributed by atoms with Gasteiger partial charge in [0.1, 0.15) is 5.82 Å². The number of fused-ring (bicyclic) bond motifs is 2. The summed E-state index contributed by atoms with van der Waals surface area (Å²) in [4.78, 5) is 39.0. The van der Waals surface area contributed by atoms with Gasteiger partial charge in [-0.2, -0.15) is 0 Å². The Bertz CT molecular complexity index is 1220. The number of anilines is 2. The largest absolute Gasteiger partial charge is 0.384 e. The molecule has 10 heteroatoms. The Labute approximate surface area is 164 Å². The highest BCUT2D eigenvalue weighted by Gasteiger charge is 2.32. The van der Waals surface area contributed by atoms with Gasteiger partial charge in [-0.3, -0.25) is 24.3 Å². The van der Waals surface area contributed by atoms with Crippen molar-refractivity contribution in [2.45, 2.75) is 25.7 Å². The van der Waals surface area contributed by atoms with E-state index in [1.165, 1.54) is 12.8 Å². The van der Waals surface area contributed by atoms with Crippen molar-refractivity contribution in [2.75, 3.05) is 23.7 Å². The van der Waals surface area contributed by atoms with E-state index < -0.39 is 17.4 Å². The molecule has 4 heterocycles. The molecule has 0 radical (unpaired) electrons. The summed E-state index contributed by atoms with van der Waals surface area (Å²) in [6, 6.07) is 4.68. The molecular weight excluding hydrogens is 376 g/mol. The molecule has 3 aromatic rings. The normalized spacial score (nSPS) is 16.8. The molecule has 0 aliphatic carbocycles. The molecule has 0 unspecified atom stereocenters. The first kappa shape index (κ1) is 17.4. The summed E-state index contributed by atoms with van der Waals surface area (Å²) < 4.78 is 6.15. The van der Waals surface area contributed by atoms with Crippen LogP contribution in [0.1, 0.15) is 46.4 Å². The van der Waals surface area contributed by atoms with Gasteiger partial charge in [0.2, 0.25) is 0 Å². The smallest absolute Gasteiger partial charge is 0.262 e. The van der Waals surface area contributed by atoms with E-state index in [1.807, 2.05) is 6.07 Å². The van der Waals surface area contributed by atoms with Gasteiger partial charge in [-0.25, -0.2) is 4.63 Å². The lowest BCUT2D eigenvalue weighted by Gasteiger charge is -2.23. The van der Waals surface area contributed by atoms with Gasteiger partial charge in [-0.05, 0) is 35.3 Å². The number of carbonyl (C=O) groups is 2. The van der Waals surface area contributed by atoms with Crippen molar-refractivity contribution in [3.05, 3.63) is 39.7 Å². The second-order valence-corrected chi connectivity index (χ2v) is 7.24. The van der Waals surface area contributed by atoms with Crippen molar-refractivity contribution in [3.63, 3.8) is 0 Å². The maximum Gasteiger partial charge on any atom is 0.262 e. The van der Waals surface area contributed by atoms with Gasteiger partial charge in [0.05, 0.1) is 22.5 Å². The molecule has 2 amide bonds. The Morgan fingerprint density at radius 2 is 1.59 bits per heavy atom. The minimum Gasteiger partial charge on any atom is -0.384 e. The summed E-state index contributed by atoms with van der Waals surface area (Å²) in [5.41, 5.74) is 7.67. The number of benzene rings is 1. The minimum absolute atomic E-state index is 0.0178. The first-order valence-electron chi connectivity index (χ1n) is 9.48. The highest BCUT2D eigenvalue weighted by atomic mass is 16.6. The Kier molecular flexibility index (Phi) is 3.86. The average molecular weight is 394 g/mol. The Hall–Kier alpha value is -3.69. The Morgan fingerprint density at radius 1 is 0.931 bits per heavy atom. The summed E-state index contributed by atoms with van der Waals surface area (Å²) in [7, 11) is 0. The summed E-state index contributed by atoms with van der Waals surface area (Å²) >= 11 is 0. The first-order valence-corrected chi connectivity index (χ1v) is 9.48. The lowest BCUT2D eigenvalue weighted by atomic mass is 10.1. The molecular formula is C19H18N6O4. The SMILES string of the molecule is Nc1c2c(cc(=O)n1-c1ccc(N3CCCCCC3)c3nonc13)C(=O)NC2=O. The van der Waals surface area contributed by atoms with Crippen LogP contribution in [0.2, 0.25) is 0 Å². The quantitative estimate of drug-likeness (QED) is 0.619. The van der Waals surface area contributed by atoms with E-state index in [0.29, 0.717) is 16.7 Å². The van der Waals surface area contributed by atoms with E-state index >= 15 is 0 Å². The maximum atomic E-state index is 12.8. The third kappa shape index (κ3) is 2.59. The Morgan fingerprint density at radius 3 is 2.31 bits per heavy atom. The fourth-order valence-corrected chi connectivity index (χ4v) is 4.12. The summed E-state index contributed by atoms with van der Waals surface area (Å²) in [6.07, 6.45) is 4.57. The van der Waals surface area contributed by atoms with Crippen LogP contribution < -0.4 is 21.5 Å². The molecule has 148 valence electrons. The van der Waals surface area contributed by atoms with E-state index in [1.54, 1.807) is 6.07 Å². The van der Waals surface area contributed by atoms with E-state index in [0.717, 1.165) is 42.3 Å². The van der Waals surface area contributed by atoms with Crippen LogP contribution in [0.3, 0.4) is 0 Å². The number of nitrogens with one attached hydrogen (secondary N) is 1. The number of amides is 2. The van der Waals surface area contributed by atoms with Gasteiger partial charge >= 0.3 is 0 Å². The molecule has 29 heavy (non-hydrogen) atoms. The molecule has 2 aromatic heterocycles. The van der Waals surface area contributed by atoms with Crippen molar-refractivity contribution in [3.8, 4) is 5.69 Å². The van der Waals surface area contributed by atoms with Crippen LogP contribution in [0, 0.1) is 0 Å². The van der Waals surface area contributed by atoms with Crippen LogP contribution in [0.4, 0.5) is 11.5 Å².